The van der Waals surface area contributed by atoms with Crippen LogP contribution in [0.4, 0.5) is 13.2 Å². The highest BCUT2D eigenvalue weighted by Crippen LogP contribution is 2.48. The number of hydrogen-bond acceptors (Lipinski definition) is 8. The Morgan fingerprint density at radius 1 is 0.800 bits per heavy atom. The molecule has 3 aromatic rings. The van der Waals surface area contributed by atoms with Gasteiger partial charge in [0.25, 0.3) is 0 Å². The number of rotatable bonds is 7. The van der Waals surface area contributed by atoms with E-state index < -0.39 is 15.6 Å². The van der Waals surface area contributed by atoms with Crippen LogP contribution in [-0.4, -0.2) is 40.3 Å². The zero-order chi connectivity index (χ0) is 37.5. The predicted molar refractivity (Wildman–Crippen MR) is 184 cm³/mol. The van der Waals surface area contributed by atoms with Crippen molar-refractivity contribution in [2.45, 2.75) is 65.8 Å². The van der Waals surface area contributed by atoms with Crippen molar-refractivity contribution in [1.82, 2.24) is 0 Å². The third-order valence-corrected chi connectivity index (χ3v) is 9.68. The van der Waals surface area contributed by atoms with Crippen LogP contribution < -0.4 is 8.92 Å². The van der Waals surface area contributed by atoms with Crippen LogP contribution in [0.3, 0.4) is 0 Å². The average Bonchev–Trinajstić information content (AvgIpc) is 3.60. The van der Waals surface area contributed by atoms with E-state index >= 15 is 0 Å². The van der Waals surface area contributed by atoms with Gasteiger partial charge in [-0.15, -0.1) is 0 Å². The predicted octanol–water partition coefficient (Wildman–Crippen LogP) is 9.20. The Balaban J connectivity index is 0.000000253. The highest BCUT2D eigenvalue weighted by Gasteiger charge is 2.49. The molecule has 0 saturated heterocycles. The molecule has 268 valence electrons. The van der Waals surface area contributed by atoms with Crippen molar-refractivity contribution in [2.24, 2.45) is 10.8 Å². The molecule has 0 aliphatic heterocycles. The summed E-state index contributed by atoms with van der Waals surface area (Å²) in [5.74, 6) is 0.221. The van der Waals surface area contributed by atoms with Crippen molar-refractivity contribution in [3.63, 3.8) is 0 Å². The molecule has 0 fully saturated rings. The molecule has 0 radical (unpaired) electrons. The number of alkyl halides is 3. The van der Waals surface area contributed by atoms with E-state index in [4.69, 9.17) is 19.1 Å². The molecular formula is C38H41F3O8S. The van der Waals surface area contributed by atoms with Crippen LogP contribution >= 0.6 is 0 Å². The number of ether oxygens (including phenoxy) is 2. The Kier molecular flexibility index (Phi) is 12.7. The van der Waals surface area contributed by atoms with Gasteiger partial charge in [0.15, 0.2) is 0 Å². The first kappa shape index (κ1) is 39.8. The molecular weight excluding hydrogens is 673 g/mol. The average molecular weight is 715 g/mol. The van der Waals surface area contributed by atoms with Gasteiger partial charge < -0.3 is 13.7 Å². The minimum atomic E-state index is -5.68. The number of benzene rings is 3. The third-order valence-electron chi connectivity index (χ3n) is 8.71. The minimum Gasteiger partial charge on any atom is -0.497 e. The molecule has 2 aliphatic rings. The molecule has 2 aliphatic carbocycles. The minimum absolute atomic E-state index is 0.0857. The van der Waals surface area contributed by atoms with Gasteiger partial charge in [-0.1, -0.05) is 69.7 Å². The maximum Gasteiger partial charge on any atom is 0.534 e. The van der Waals surface area contributed by atoms with Crippen LogP contribution in [0.25, 0.3) is 22.3 Å². The molecule has 0 N–H and O–H groups in total. The van der Waals surface area contributed by atoms with Crippen molar-refractivity contribution in [2.75, 3.05) is 14.2 Å². The van der Waals surface area contributed by atoms with Gasteiger partial charge in [-0.05, 0) is 108 Å². The molecule has 0 heterocycles. The molecule has 0 atom stereocenters. The Morgan fingerprint density at radius 2 is 1.38 bits per heavy atom. The first-order valence-electron chi connectivity index (χ1n) is 15.7. The number of halogens is 3. The number of aryl methyl sites for hydroxylation is 1. The van der Waals surface area contributed by atoms with Gasteiger partial charge in [0.1, 0.15) is 11.5 Å². The Hall–Kier alpha value is -4.67. The van der Waals surface area contributed by atoms with E-state index in [0.717, 1.165) is 59.3 Å². The Morgan fingerprint density at radius 3 is 1.88 bits per heavy atom. The summed E-state index contributed by atoms with van der Waals surface area (Å²) < 4.78 is 74.8. The quantitative estimate of drug-likeness (QED) is 0.135. The van der Waals surface area contributed by atoms with E-state index in [1.54, 1.807) is 20.1 Å². The van der Waals surface area contributed by atoms with Crippen LogP contribution in [-0.2, 0) is 24.4 Å². The fraction of sp³-hybridized carbons (Fsp3) is 0.368. The lowest BCUT2D eigenvalue weighted by Crippen LogP contribution is -2.28. The van der Waals surface area contributed by atoms with Gasteiger partial charge in [-0.3, -0.25) is 0 Å². The summed E-state index contributed by atoms with van der Waals surface area (Å²) in [4.78, 5) is 28.3. The van der Waals surface area contributed by atoms with Gasteiger partial charge in [0.05, 0.1) is 19.8 Å². The molecule has 0 aromatic heterocycles. The first-order valence-corrected chi connectivity index (χ1v) is 17.1. The number of esters is 1. The summed E-state index contributed by atoms with van der Waals surface area (Å²) in [6.07, 6.45) is 8.27. The summed E-state index contributed by atoms with van der Waals surface area (Å²) in [7, 11) is -2.60. The zero-order valence-electron chi connectivity index (χ0n) is 29.1. The maximum absolute atomic E-state index is 12.5. The van der Waals surface area contributed by atoms with E-state index in [1.807, 2.05) is 56.3 Å². The number of allylic oxidation sites excluding steroid dienone is 4. The summed E-state index contributed by atoms with van der Waals surface area (Å²) in [5, 5.41) is 0. The Labute approximate surface area is 291 Å². The summed E-state index contributed by atoms with van der Waals surface area (Å²) in [6, 6.07) is 18.3. The molecule has 5 rings (SSSR count). The maximum atomic E-state index is 12.5. The van der Waals surface area contributed by atoms with Gasteiger partial charge in [-0.25, -0.2) is 4.79 Å². The number of carbonyl (C=O) groups excluding carboxylic acids is 3. The van der Waals surface area contributed by atoms with Gasteiger partial charge in [0, 0.05) is 5.56 Å². The number of carbonyl (C=O) groups is 1. The van der Waals surface area contributed by atoms with Crippen LogP contribution in [0.5, 0.6) is 11.5 Å². The summed E-state index contributed by atoms with van der Waals surface area (Å²) in [5.41, 5.74) is 1.56. The van der Waals surface area contributed by atoms with E-state index in [9.17, 15) is 26.4 Å². The third kappa shape index (κ3) is 9.31. The number of hydrogen-bond donors (Lipinski definition) is 0. The highest BCUT2D eigenvalue weighted by atomic mass is 32.2. The second-order valence-electron chi connectivity index (χ2n) is 13.1. The van der Waals surface area contributed by atoms with E-state index in [1.165, 1.54) is 24.8 Å². The fourth-order valence-electron chi connectivity index (χ4n) is 6.07. The SMILES string of the molecule is COC(=O)c1ccc(-c2cccc(OC)c2)c(C2=CCCC2(C)C)c1.Cc1ccc(OS(=O)(=O)C(F)(F)F)c(C2=CCCC2(C)C)c1.O=C=O. The van der Waals surface area contributed by atoms with Crippen molar-refractivity contribution >= 4 is 33.4 Å². The van der Waals surface area contributed by atoms with E-state index in [-0.39, 0.29) is 28.7 Å². The van der Waals surface area contributed by atoms with Crippen LogP contribution in [0.2, 0.25) is 0 Å². The van der Waals surface area contributed by atoms with Gasteiger partial charge in [0.2, 0.25) is 0 Å². The van der Waals surface area contributed by atoms with Gasteiger partial charge >= 0.3 is 27.7 Å². The number of methoxy groups -OCH3 is 2. The molecule has 0 amide bonds. The van der Waals surface area contributed by atoms with Crippen molar-refractivity contribution in [3.05, 3.63) is 95.1 Å². The largest absolute Gasteiger partial charge is 0.534 e. The molecule has 12 heteroatoms. The first-order chi connectivity index (χ1) is 23.3. The molecule has 8 nitrogen and oxygen atoms in total. The smallest absolute Gasteiger partial charge is 0.497 e. The lowest BCUT2D eigenvalue weighted by molar-refractivity contribution is -0.191. The molecule has 0 saturated carbocycles. The van der Waals surface area contributed by atoms with Crippen molar-refractivity contribution < 1.29 is 49.6 Å². The molecule has 50 heavy (non-hydrogen) atoms. The van der Waals surface area contributed by atoms with Crippen LogP contribution in [0, 0.1) is 17.8 Å². The lowest BCUT2D eigenvalue weighted by Gasteiger charge is -2.25. The second kappa shape index (κ2) is 15.9. The normalized spacial score (nSPS) is 16.0. The van der Waals surface area contributed by atoms with Gasteiger partial charge in [-0.2, -0.15) is 31.2 Å². The van der Waals surface area contributed by atoms with Crippen molar-refractivity contribution in [3.8, 4) is 22.6 Å². The molecule has 0 bridgehead atoms. The monoisotopic (exact) mass is 714 g/mol. The zero-order valence-corrected chi connectivity index (χ0v) is 29.9. The fourth-order valence-corrected chi connectivity index (χ4v) is 6.55. The van der Waals surface area contributed by atoms with E-state index in [2.05, 4.69) is 30.2 Å². The lowest BCUT2D eigenvalue weighted by atomic mass is 9.79. The topological polar surface area (TPSA) is 113 Å². The molecule has 0 unspecified atom stereocenters. The van der Waals surface area contributed by atoms with Crippen molar-refractivity contribution in [1.29, 1.82) is 0 Å². The standard InChI is InChI=1S/C22H24O3.C15H17F3O3S.CO2/c1-22(2)12-6-9-20(22)19-14-16(21(23)25-4)10-11-18(19)15-7-5-8-17(13-15)24-3;1-10-6-7-13(21-22(19,20)15(16,17)18)11(9-10)12-5-4-8-14(12,2)3;2-1-3/h5,7-11,13-14H,6,12H2,1-4H3;5-7,9H,4,8H2,1-3H3;. The Bertz CT molecular complexity index is 1920. The summed E-state index contributed by atoms with van der Waals surface area (Å²) in [6.45, 7) is 10.2. The molecule has 0 spiro atoms. The second-order valence-corrected chi connectivity index (χ2v) is 14.7. The van der Waals surface area contributed by atoms with Crippen LogP contribution in [0.1, 0.15) is 80.4 Å². The summed E-state index contributed by atoms with van der Waals surface area (Å²) >= 11 is 0. The highest BCUT2D eigenvalue weighted by molar-refractivity contribution is 7.88. The van der Waals surface area contributed by atoms with E-state index in [0.29, 0.717) is 11.1 Å². The van der Waals surface area contributed by atoms with Crippen LogP contribution in [0.15, 0.2) is 72.8 Å². The molecule has 3 aromatic carbocycles.